The molecular formula is C19H15ClF3NO3. The van der Waals surface area contributed by atoms with Gasteiger partial charge in [0.25, 0.3) is 5.91 Å². The largest absolute Gasteiger partial charge is 0.452 e. The topological polar surface area (TPSA) is 55.4 Å². The van der Waals surface area contributed by atoms with Crippen molar-refractivity contribution in [3.05, 3.63) is 76.3 Å². The minimum Gasteiger partial charge on any atom is -0.452 e. The summed E-state index contributed by atoms with van der Waals surface area (Å²) in [6.45, 7) is -0.294. The van der Waals surface area contributed by atoms with E-state index in [4.69, 9.17) is 16.3 Å². The number of carbonyl (C=O) groups is 2. The summed E-state index contributed by atoms with van der Waals surface area (Å²) in [7, 11) is 0. The normalized spacial score (nSPS) is 11.4. The zero-order chi connectivity index (χ0) is 19.9. The van der Waals surface area contributed by atoms with Crippen LogP contribution in [0.1, 0.15) is 16.7 Å². The molecule has 0 saturated heterocycles. The first-order chi connectivity index (χ1) is 12.8. The Morgan fingerprint density at radius 1 is 1.07 bits per heavy atom. The maximum absolute atomic E-state index is 12.5. The van der Waals surface area contributed by atoms with E-state index < -0.39 is 30.2 Å². The van der Waals surface area contributed by atoms with E-state index in [1.807, 2.05) is 0 Å². The molecule has 0 unspecified atom stereocenters. The van der Waals surface area contributed by atoms with Crippen LogP contribution in [0.15, 0.2) is 54.6 Å². The molecule has 0 fully saturated rings. The molecule has 0 aromatic heterocycles. The molecule has 142 valence electrons. The summed E-state index contributed by atoms with van der Waals surface area (Å²) in [4.78, 5) is 23.3. The maximum Gasteiger partial charge on any atom is 0.416 e. The third-order valence-corrected chi connectivity index (χ3v) is 3.80. The first kappa shape index (κ1) is 20.5. The van der Waals surface area contributed by atoms with Crippen molar-refractivity contribution in [3.63, 3.8) is 0 Å². The maximum atomic E-state index is 12.5. The number of hydrogen-bond acceptors (Lipinski definition) is 3. The number of amides is 1. The summed E-state index contributed by atoms with van der Waals surface area (Å²) in [5, 5.41) is 3.07. The Hall–Kier alpha value is -2.80. The zero-order valence-corrected chi connectivity index (χ0v) is 14.7. The Morgan fingerprint density at radius 2 is 1.74 bits per heavy atom. The van der Waals surface area contributed by atoms with Crippen LogP contribution in [0.25, 0.3) is 6.08 Å². The van der Waals surface area contributed by atoms with Gasteiger partial charge in [-0.05, 0) is 35.4 Å². The van der Waals surface area contributed by atoms with Crippen LogP contribution in [-0.2, 0) is 27.0 Å². The molecule has 2 aromatic carbocycles. The Kier molecular flexibility index (Phi) is 7.01. The molecule has 0 aliphatic rings. The van der Waals surface area contributed by atoms with Gasteiger partial charge in [0.1, 0.15) is 0 Å². The standard InChI is InChI=1S/C19H15ClF3NO3/c20-16-4-2-1-3-14(16)11-24-17(25)12-27-18(26)10-7-13-5-8-15(9-6-13)19(21,22)23/h1-10H,11-12H2,(H,24,25)/b10-7+. The molecule has 0 bridgehead atoms. The predicted molar refractivity (Wildman–Crippen MR) is 94.7 cm³/mol. The van der Waals surface area contributed by atoms with Gasteiger partial charge in [-0.15, -0.1) is 0 Å². The number of nitrogens with one attached hydrogen (secondary N) is 1. The highest BCUT2D eigenvalue weighted by atomic mass is 35.5. The van der Waals surface area contributed by atoms with Crippen molar-refractivity contribution in [1.82, 2.24) is 5.32 Å². The van der Waals surface area contributed by atoms with Crippen molar-refractivity contribution in [2.75, 3.05) is 6.61 Å². The first-order valence-electron chi connectivity index (χ1n) is 7.78. The van der Waals surface area contributed by atoms with Crippen LogP contribution in [0, 0.1) is 0 Å². The van der Waals surface area contributed by atoms with Gasteiger partial charge in [0.05, 0.1) is 5.56 Å². The van der Waals surface area contributed by atoms with Gasteiger partial charge in [-0.2, -0.15) is 13.2 Å². The molecule has 2 rings (SSSR count). The number of carbonyl (C=O) groups excluding carboxylic acids is 2. The lowest BCUT2D eigenvalue weighted by atomic mass is 10.1. The van der Waals surface area contributed by atoms with E-state index in [-0.39, 0.29) is 6.54 Å². The molecule has 0 aliphatic heterocycles. The second-order valence-electron chi connectivity index (χ2n) is 5.43. The van der Waals surface area contributed by atoms with Crippen LogP contribution in [0.2, 0.25) is 5.02 Å². The molecule has 4 nitrogen and oxygen atoms in total. The molecule has 0 atom stereocenters. The van der Waals surface area contributed by atoms with E-state index in [0.717, 1.165) is 23.8 Å². The number of halogens is 4. The molecule has 0 spiro atoms. The van der Waals surface area contributed by atoms with E-state index in [1.165, 1.54) is 18.2 Å². The monoisotopic (exact) mass is 397 g/mol. The number of ether oxygens (including phenoxy) is 1. The van der Waals surface area contributed by atoms with Gasteiger partial charge in [-0.25, -0.2) is 4.79 Å². The minimum atomic E-state index is -4.42. The summed E-state index contributed by atoms with van der Waals surface area (Å²) in [6.07, 6.45) is -2.09. The Morgan fingerprint density at radius 3 is 2.37 bits per heavy atom. The quantitative estimate of drug-likeness (QED) is 0.586. The molecule has 2 aromatic rings. The summed E-state index contributed by atoms with van der Waals surface area (Å²) in [5.41, 5.74) is 0.335. The van der Waals surface area contributed by atoms with E-state index in [1.54, 1.807) is 24.3 Å². The van der Waals surface area contributed by atoms with Crippen molar-refractivity contribution in [3.8, 4) is 0 Å². The van der Waals surface area contributed by atoms with Gasteiger partial charge in [-0.3, -0.25) is 4.79 Å². The summed E-state index contributed by atoms with van der Waals surface area (Å²) < 4.78 is 42.2. The van der Waals surface area contributed by atoms with E-state index in [2.05, 4.69) is 5.32 Å². The van der Waals surface area contributed by atoms with Crippen molar-refractivity contribution >= 4 is 29.6 Å². The summed E-state index contributed by atoms with van der Waals surface area (Å²) in [5.74, 6) is -1.30. The highest BCUT2D eigenvalue weighted by molar-refractivity contribution is 6.31. The van der Waals surface area contributed by atoms with Gasteiger partial charge < -0.3 is 10.1 Å². The second kappa shape index (κ2) is 9.23. The van der Waals surface area contributed by atoms with E-state index >= 15 is 0 Å². The lowest BCUT2D eigenvalue weighted by Gasteiger charge is -2.07. The van der Waals surface area contributed by atoms with Gasteiger partial charge >= 0.3 is 12.1 Å². The van der Waals surface area contributed by atoms with Crippen LogP contribution < -0.4 is 5.32 Å². The molecule has 1 N–H and O–H groups in total. The average molecular weight is 398 g/mol. The summed E-state index contributed by atoms with van der Waals surface area (Å²) in [6, 6.07) is 11.3. The van der Waals surface area contributed by atoms with Crippen molar-refractivity contribution < 1.29 is 27.5 Å². The first-order valence-corrected chi connectivity index (χ1v) is 8.16. The molecule has 0 aliphatic carbocycles. The van der Waals surface area contributed by atoms with Crippen molar-refractivity contribution in [2.24, 2.45) is 0 Å². The molecule has 0 radical (unpaired) electrons. The Bertz CT molecular complexity index is 833. The van der Waals surface area contributed by atoms with Crippen LogP contribution >= 0.6 is 11.6 Å². The fourth-order valence-electron chi connectivity index (χ4n) is 2.02. The lowest BCUT2D eigenvalue weighted by molar-refractivity contribution is -0.143. The van der Waals surface area contributed by atoms with Crippen LogP contribution in [0.4, 0.5) is 13.2 Å². The minimum absolute atomic E-state index is 0.192. The molecule has 8 heteroatoms. The van der Waals surface area contributed by atoms with Gasteiger partial charge in [0.15, 0.2) is 6.61 Å². The number of benzene rings is 2. The average Bonchev–Trinajstić information content (AvgIpc) is 2.63. The SMILES string of the molecule is O=C(COC(=O)/C=C/c1ccc(C(F)(F)F)cc1)NCc1ccccc1Cl. The third-order valence-electron chi connectivity index (χ3n) is 3.43. The van der Waals surface area contributed by atoms with Crippen molar-refractivity contribution in [1.29, 1.82) is 0 Å². The molecule has 27 heavy (non-hydrogen) atoms. The Balaban J connectivity index is 1.77. The molecule has 0 saturated carbocycles. The fraction of sp³-hybridized carbons (Fsp3) is 0.158. The molecular weight excluding hydrogens is 383 g/mol. The highest BCUT2D eigenvalue weighted by Crippen LogP contribution is 2.29. The van der Waals surface area contributed by atoms with Gasteiger partial charge in [0.2, 0.25) is 0 Å². The fourth-order valence-corrected chi connectivity index (χ4v) is 2.22. The van der Waals surface area contributed by atoms with Crippen molar-refractivity contribution in [2.45, 2.75) is 12.7 Å². The van der Waals surface area contributed by atoms with Crippen LogP contribution in [0.3, 0.4) is 0 Å². The number of hydrogen-bond donors (Lipinski definition) is 1. The smallest absolute Gasteiger partial charge is 0.416 e. The highest BCUT2D eigenvalue weighted by Gasteiger charge is 2.29. The van der Waals surface area contributed by atoms with Gasteiger partial charge in [-0.1, -0.05) is 41.9 Å². The zero-order valence-electron chi connectivity index (χ0n) is 13.9. The number of rotatable bonds is 6. The lowest BCUT2D eigenvalue weighted by Crippen LogP contribution is -2.28. The third kappa shape index (κ3) is 6.79. The predicted octanol–water partition coefficient (Wildman–Crippen LogP) is 4.23. The number of esters is 1. The van der Waals surface area contributed by atoms with Crippen LogP contribution in [0.5, 0.6) is 0 Å². The van der Waals surface area contributed by atoms with E-state index in [9.17, 15) is 22.8 Å². The van der Waals surface area contributed by atoms with E-state index in [0.29, 0.717) is 10.6 Å². The Labute approximate surface area is 158 Å². The summed E-state index contributed by atoms with van der Waals surface area (Å²) >= 11 is 5.96. The molecule has 0 heterocycles. The van der Waals surface area contributed by atoms with Crippen LogP contribution in [-0.4, -0.2) is 18.5 Å². The molecule has 1 amide bonds. The second-order valence-corrected chi connectivity index (χ2v) is 5.84. The van der Waals surface area contributed by atoms with Gasteiger partial charge in [0, 0.05) is 17.6 Å². The number of alkyl halides is 3.